The van der Waals surface area contributed by atoms with Crippen molar-refractivity contribution in [2.45, 2.75) is 25.6 Å². The third-order valence-electron chi connectivity index (χ3n) is 3.13. The molecule has 0 spiro atoms. The topological polar surface area (TPSA) is 76.3 Å². The summed E-state index contributed by atoms with van der Waals surface area (Å²) in [5.74, 6) is 5.09. The Labute approximate surface area is 114 Å². The number of nitrogen functional groups attached to an aromatic ring is 1. The van der Waals surface area contributed by atoms with E-state index in [0.29, 0.717) is 19.8 Å². The number of nitrogens with zero attached hydrogens (tertiary/aromatic N) is 3. The van der Waals surface area contributed by atoms with Crippen LogP contribution in [0.25, 0.3) is 0 Å². The van der Waals surface area contributed by atoms with Gasteiger partial charge in [0.2, 0.25) is 5.95 Å². The number of anilines is 2. The minimum Gasteiger partial charge on any atom is -0.377 e. The lowest BCUT2D eigenvalue weighted by molar-refractivity contribution is -0.141. The predicted octanol–water partition coefficient (Wildman–Crippen LogP) is 1.40. The zero-order valence-corrected chi connectivity index (χ0v) is 10.9. The van der Waals surface area contributed by atoms with Gasteiger partial charge < -0.3 is 9.64 Å². The zero-order valence-electron chi connectivity index (χ0n) is 10.9. The molecule has 20 heavy (non-hydrogen) atoms. The largest absolute Gasteiger partial charge is 0.433 e. The monoisotopic (exact) mass is 291 g/mol. The molecule has 1 aliphatic heterocycles. The minimum atomic E-state index is -4.54. The Morgan fingerprint density at radius 1 is 1.50 bits per heavy atom. The quantitative estimate of drug-likeness (QED) is 0.647. The molecule has 1 aromatic heterocycles. The molecule has 1 atom stereocenters. The number of aromatic nitrogens is 2. The summed E-state index contributed by atoms with van der Waals surface area (Å²) in [6, 6.07) is 0.930. The van der Waals surface area contributed by atoms with Crippen LogP contribution in [0.5, 0.6) is 0 Å². The first-order valence-electron chi connectivity index (χ1n) is 6.23. The van der Waals surface area contributed by atoms with E-state index in [2.05, 4.69) is 15.4 Å². The fraction of sp³-hybridized carbons (Fsp3) is 0.636. The van der Waals surface area contributed by atoms with Gasteiger partial charge in [-0.05, 0) is 6.42 Å². The molecule has 2 rings (SSSR count). The molecule has 112 valence electrons. The molecule has 2 heterocycles. The maximum Gasteiger partial charge on any atom is 0.433 e. The highest BCUT2D eigenvalue weighted by Crippen LogP contribution is 2.31. The lowest BCUT2D eigenvalue weighted by atomic mass is 10.1. The number of hydrogen-bond acceptors (Lipinski definition) is 6. The number of ether oxygens (including phenoxy) is 1. The van der Waals surface area contributed by atoms with Crippen molar-refractivity contribution in [3.8, 4) is 0 Å². The lowest BCUT2D eigenvalue weighted by Crippen LogP contribution is -2.45. The molecule has 0 aliphatic carbocycles. The average Bonchev–Trinajstić information content (AvgIpc) is 2.45. The third-order valence-corrected chi connectivity index (χ3v) is 3.13. The first-order chi connectivity index (χ1) is 9.45. The van der Waals surface area contributed by atoms with Crippen molar-refractivity contribution in [1.82, 2.24) is 9.97 Å². The molecule has 9 heteroatoms. The lowest BCUT2D eigenvalue weighted by Gasteiger charge is -2.36. The van der Waals surface area contributed by atoms with Crippen LogP contribution in [0.3, 0.4) is 0 Å². The summed E-state index contributed by atoms with van der Waals surface area (Å²) in [5, 5.41) is 0. The van der Waals surface area contributed by atoms with Gasteiger partial charge in [-0.25, -0.2) is 10.8 Å². The number of rotatable bonds is 3. The van der Waals surface area contributed by atoms with Gasteiger partial charge in [0.1, 0.15) is 5.82 Å². The van der Waals surface area contributed by atoms with Gasteiger partial charge >= 0.3 is 6.18 Å². The van der Waals surface area contributed by atoms with Crippen molar-refractivity contribution >= 4 is 11.8 Å². The summed E-state index contributed by atoms with van der Waals surface area (Å²) < 4.78 is 43.8. The van der Waals surface area contributed by atoms with Crippen LogP contribution < -0.4 is 16.2 Å². The highest BCUT2D eigenvalue weighted by atomic mass is 19.4. The number of hydrazine groups is 1. The predicted molar refractivity (Wildman–Crippen MR) is 67.1 cm³/mol. The van der Waals surface area contributed by atoms with Crippen LogP contribution >= 0.6 is 0 Å². The van der Waals surface area contributed by atoms with E-state index in [1.807, 2.05) is 6.92 Å². The third kappa shape index (κ3) is 3.10. The number of morpholine rings is 1. The van der Waals surface area contributed by atoms with E-state index >= 15 is 0 Å². The first kappa shape index (κ1) is 14.8. The first-order valence-corrected chi connectivity index (χ1v) is 6.23. The standard InChI is InChI=1S/C11H16F3N5O/c1-2-7-6-20-4-3-19(7)9-5-8(11(12,13)14)16-10(17-9)18-15/h5,7H,2-4,6,15H2,1H3,(H,16,17,18). The van der Waals surface area contributed by atoms with Gasteiger partial charge in [-0.15, -0.1) is 0 Å². The van der Waals surface area contributed by atoms with E-state index in [0.717, 1.165) is 12.5 Å². The smallest absolute Gasteiger partial charge is 0.377 e. The minimum absolute atomic E-state index is 0.00893. The number of hydrogen-bond donors (Lipinski definition) is 2. The van der Waals surface area contributed by atoms with Crippen molar-refractivity contribution in [3.05, 3.63) is 11.8 Å². The fourth-order valence-corrected chi connectivity index (χ4v) is 2.09. The molecule has 1 aromatic rings. The highest BCUT2D eigenvalue weighted by Gasteiger charge is 2.35. The van der Waals surface area contributed by atoms with Gasteiger partial charge in [0.25, 0.3) is 0 Å². The van der Waals surface area contributed by atoms with Crippen molar-refractivity contribution in [2.24, 2.45) is 5.84 Å². The summed E-state index contributed by atoms with van der Waals surface area (Å²) in [5.41, 5.74) is 1.05. The second-order valence-electron chi connectivity index (χ2n) is 4.41. The molecule has 0 aromatic carbocycles. The summed E-state index contributed by atoms with van der Waals surface area (Å²) >= 11 is 0. The molecule has 1 fully saturated rings. The van der Waals surface area contributed by atoms with Crippen LogP contribution in [0.15, 0.2) is 6.07 Å². The number of nitrogens with two attached hydrogens (primary N) is 1. The maximum atomic E-state index is 12.8. The van der Waals surface area contributed by atoms with Crippen molar-refractivity contribution in [1.29, 1.82) is 0 Å². The van der Waals surface area contributed by atoms with Crippen LogP contribution in [0.4, 0.5) is 24.9 Å². The SMILES string of the molecule is CCC1COCCN1c1cc(C(F)(F)F)nc(NN)n1. The van der Waals surface area contributed by atoms with Gasteiger partial charge in [-0.3, -0.25) is 5.43 Å². The van der Waals surface area contributed by atoms with Crippen molar-refractivity contribution in [3.63, 3.8) is 0 Å². The molecule has 1 aliphatic rings. The van der Waals surface area contributed by atoms with Crippen LogP contribution in [0.1, 0.15) is 19.0 Å². The molecule has 1 unspecified atom stereocenters. The second-order valence-corrected chi connectivity index (χ2v) is 4.41. The normalized spacial score (nSPS) is 20.1. The van der Waals surface area contributed by atoms with Crippen LogP contribution in [0, 0.1) is 0 Å². The van der Waals surface area contributed by atoms with Gasteiger partial charge in [-0.2, -0.15) is 18.2 Å². The Morgan fingerprint density at radius 3 is 2.85 bits per heavy atom. The molecule has 1 saturated heterocycles. The Hall–Kier alpha value is -1.61. The molecule has 0 amide bonds. The Bertz CT molecular complexity index is 468. The van der Waals surface area contributed by atoms with Gasteiger partial charge in [-0.1, -0.05) is 6.92 Å². The zero-order chi connectivity index (χ0) is 14.8. The van der Waals surface area contributed by atoms with E-state index < -0.39 is 11.9 Å². The highest BCUT2D eigenvalue weighted by molar-refractivity contribution is 5.46. The molecular weight excluding hydrogens is 275 g/mol. The van der Waals surface area contributed by atoms with E-state index in [1.54, 1.807) is 4.90 Å². The van der Waals surface area contributed by atoms with Crippen molar-refractivity contribution < 1.29 is 17.9 Å². The second kappa shape index (κ2) is 5.80. The van der Waals surface area contributed by atoms with Gasteiger partial charge in [0.15, 0.2) is 5.69 Å². The maximum absolute atomic E-state index is 12.8. The Balaban J connectivity index is 2.39. The summed E-state index contributed by atoms with van der Waals surface area (Å²) in [7, 11) is 0. The molecule has 3 N–H and O–H groups in total. The number of halogens is 3. The van der Waals surface area contributed by atoms with E-state index in [1.165, 1.54) is 0 Å². The van der Waals surface area contributed by atoms with Gasteiger partial charge in [0, 0.05) is 12.6 Å². The van der Waals surface area contributed by atoms with E-state index in [-0.39, 0.29) is 17.8 Å². The number of alkyl halides is 3. The van der Waals surface area contributed by atoms with E-state index in [9.17, 15) is 13.2 Å². The Kier molecular flexibility index (Phi) is 4.29. The van der Waals surface area contributed by atoms with Gasteiger partial charge in [0.05, 0.1) is 19.3 Å². The molecule has 0 saturated carbocycles. The summed E-state index contributed by atoms with van der Waals surface area (Å²) in [4.78, 5) is 9.14. The molecule has 0 bridgehead atoms. The van der Waals surface area contributed by atoms with Crippen LogP contribution in [-0.2, 0) is 10.9 Å². The molecule has 6 nitrogen and oxygen atoms in total. The number of nitrogens with one attached hydrogen (secondary N) is 1. The van der Waals surface area contributed by atoms with Crippen LogP contribution in [0.2, 0.25) is 0 Å². The fourth-order valence-electron chi connectivity index (χ4n) is 2.09. The molecule has 0 radical (unpaired) electrons. The summed E-state index contributed by atoms with van der Waals surface area (Å²) in [6.07, 6.45) is -3.80. The van der Waals surface area contributed by atoms with E-state index in [4.69, 9.17) is 10.6 Å². The van der Waals surface area contributed by atoms with Crippen LogP contribution in [-0.4, -0.2) is 35.8 Å². The summed E-state index contributed by atoms with van der Waals surface area (Å²) in [6.45, 7) is 3.34. The average molecular weight is 291 g/mol. The van der Waals surface area contributed by atoms with Crippen molar-refractivity contribution in [2.75, 3.05) is 30.1 Å². The molecular formula is C11H16F3N5O. The Morgan fingerprint density at radius 2 is 2.25 bits per heavy atom.